The largest absolute Gasteiger partial charge is 0.481 e. The van der Waals surface area contributed by atoms with E-state index in [4.69, 9.17) is 0 Å². The van der Waals surface area contributed by atoms with E-state index < -0.39 is 11.9 Å². The molecule has 3 nitrogen and oxygen atoms in total. The quantitative estimate of drug-likeness (QED) is 0.883. The molecule has 0 heterocycles. The first-order chi connectivity index (χ1) is 8.71. The molecule has 0 saturated heterocycles. The van der Waals surface area contributed by atoms with Crippen LogP contribution in [0.25, 0.3) is 0 Å². The van der Waals surface area contributed by atoms with Gasteiger partial charge < -0.3 is 9.90 Å². The van der Waals surface area contributed by atoms with Crippen molar-refractivity contribution in [1.82, 2.24) is 0 Å². The zero-order chi connectivity index (χ0) is 14.6. The normalized spacial score (nSPS) is 13.1. The van der Waals surface area contributed by atoms with E-state index in [9.17, 15) is 14.7 Å². The van der Waals surface area contributed by atoms with E-state index in [-0.39, 0.29) is 11.2 Å². The summed E-state index contributed by atoms with van der Waals surface area (Å²) in [5.74, 6) is -1.44. The van der Waals surface area contributed by atoms with E-state index in [0.29, 0.717) is 12.8 Å². The lowest BCUT2D eigenvalue weighted by Gasteiger charge is -2.20. The lowest BCUT2D eigenvalue weighted by atomic mass is 9.85. The first-order valence-corrected chi connectivity index (χ1v) is 6.54. The number of Topliss-reactive ketones (excluding diaryl/α,β-unsaturated/α-hetero) is 1. The maximum atomic E-state index is 11.3. The van der Waals surface area contributed by atoms with Crippen LogP contribution in [0, 0.1) is 0 Å². The molecule has 1 aromatic carbocycles. The van der Waals surface area contributed by atoms with Crippen molar-refractivity contribution in [2.45, 2.75) is 51.9 Å². The van der Waals surface area contributed by atoms with Crippen molar-refractivity contribution < 1.29 is 14.7 Å². The minimum Gasteiger partial charge on any atom is -0.481 e. The van der Waals surface area contributed by atoms with Crippen molar-refractivity contribution >= 4 is 11.8 Å². The Hall–Kier alpha value is -1.64. The van der Waals surface area contributed by atoms with Crippen LogP contribution in [0.15, 0.2) is 24.3 Å². The average Bonchev–Trinajstić information content (AvgIpc) is 2.27. The summed E-state index contributed by atoms with van der Waals surface area (Å²) in [6.45, 7) is 7.84. The van der Waals surface area contributed by atoms with Crippen LogP contribution in [-0.4, -0.2) is 16.9 Å². The van der Waals surface area contributed by atoms with Crippen molar-refractivity contribution in [3.8, 4) is 0 Å². The summed E-state index contributed by atoms with van der Waals surface area (Å²) in [5, 5.41) is 9.26. The molecule has 1 N–H and O–H groups in total. The van der Waals surface area contributed by atoms with Gasteiger partial charge in [-0.1, -0.05) is 45.0 Å². The summed E-state index contributed by atoms with van der Waals surface area (Å²) in [5.41, 5.74) is 1.99. The Balaban J connectivity index is 2.92. The molecule has 3 heteroatoms. The Bertz CT molecular complexity index is 452. The maximum absolute atomic E-state index is 11.3. The van der Waals surface area contributed by atoms with Crippen LogP contribution in [0.4, 0.5) is 0 Å². The SMILES string of the molecule is CC(=O)CCC(C(=O)O)c1ccc(C(C)(C)C)cc1. The molecular formula is C16H22O3. The van der Waals surface area contributed by atoms with Gasteiger partial charge in [-0.15, -0.1) is 0 Å². The summed E-state index contributed by atoms with van der Waals surface area (Å²) in [7, 11) is 0. The minimum absolute atomic E-state index is 0.0255. The van der Waals surface area contributed by atoms with Gasteiger partial charge in [-0.2, -0.15) is 0 Å². The predicted octanol–water partition coefficient (Wildman–Crippen LogP) is 3.52. The fourth-order valence-electron chi connectivity index (χ4n) is 2.00. The number of hydrogen-bond donors (Lipinski definition) is 1. The Morgan fingerprint density at radius 3 is 2.05 bits per heavy atom. The third-order valence-electron chi connectivity index (χ3n) is 3.26. The molecule has 0 bridgehead atoms. The van der Waals surface area contributed by atoms with Gasteiger partial charge in [-0.25, -0.2) is 0 Å². The number of aliphatic carboxylic acids is 1. The molecule has 0 amide bonds. The van der Waals surface area contributed by atoms with Crippen molar-refractivity contribution in [2.24, 2.45) is 0 Å². The molecule has 0 radical (unpaired) electrons. The molecule has 0 aliphatic carbocycles. The van der Waals surface area contributed by atoms with Crippen molar-refractivity contribution in [1.29, 1.82) is 0 Å². The summed E-state index contributed by atoms with van der Waals surface area (Å²) in [6, 6.07) is 7.66. The van der Waals surface area contributed by atoms with E-state index in [1.54, 1.807) is 0 Å². The molecule has 0 aliphatic rings. The third kappa shape index (κ3) is 4.51. The molecule has 0 aliphatic heterocycles. The van der Waals surface area contributed by atoms with Gasteiger partial charge in [-0.05, 0) is 29.9 Å². The number of ketones is 1. The maximum Gasteiger partial charge on any atom is 0.310 e. The highest BCUT2D eigenvalue weighted by Gasteiger charge is 2.21. The van der Waals surface area contributed by atoms with Gasteiger partial charge in [0.05, 0.1) is 5.92 Å². The van der Waals surface area contributed by atoms with E-state index in [1.807, 2.05) is 24.3 Å². The van der Waals surface area contributed by atoms with Crippen molar-refractivity contribution in [2.75, 3.05) is 0 Å². The monoisotopic (exact) mass is 262 g/mol. The van der Waals surface area contributed by atoms with Crippen LogP contribution in [-0.2, 0) is 15.0 Å². The second-order valence-electron chi connectivity index (χ2n) is 6.00. The highest BCUT2D eigenvalue weighted by molar-refractivity contribution is 5.79. The van der Waals surface area contributed by atoms with Gasteiger partial charge in [-0.3, -0.25) is 4.79 Å². The molecule has 1 atom stereocenters. The number of rotatable bonds is 5. The van der Waals surface area contributed by atoms with Crippen molar-refractivity contribution in [3.63, 3.8) is 0 Å². The molecule has 104 valence electrons. The highest BCUT2D eigenvalue weighted by Crippen LogP contribution is 2.26. The minimum atomic E-state index is -0.871. The lowest BCUT2D eigenvalue weighted by Crippen LogP contribution is -2.14. The Kier molecular flexibility index (Phi) is 4.87. The molecule has 0 saturated carbocycles. The Morgan fingerprint density at radius 1 is 1.16 bits per heavy atom. The summed E-state index contributed by atoms with van der Waals surface area (Å²) in [4.78, 5) is 22.3. The van der Waals surface area contributed by atoms with E-state index >= 15 is 0 Å². The molecule has 1 rings (SSSR count). The van der Waals surface area contributed by atoms with E-state index in [0.717, 1.165) is 5.56 Å². The molecule has 19 heavy (non-hydrogen) atoms. The van der Waals surface area contributed by atoms with E-state index in [1.165, 1.54) is 12.5 Å². The van der Waals surface area contributed by atoms with Gasteiger partial charge in [0.15, 0.2) is 0 Å². The predicted molar refractivity (Wildman–Crippen MR) is 75.4 cm³/mol. The zero-order valence-electron chi connectivity index (χ0n) is 12.1. The molecule has 0 spiro atoms. The van der Waals surface area contributed by atoms with Crippen LogP contribution in [0.5, 0.6) is 0 Å². The Labute approximate surface area is 114 Å². The number of hydrogen-bond acceptors (Lipinski definition) is 2. The fraction of sp³-hybridized carbons (Fsp3) is 0.500. The Morgan fingerprint density at radius 2 is 1.68 bits per heavy atom. The number of carbonyl (C=O) groups excluding carboxylic acids is 1. The molecule has 0 aromatic heterocycles. The molecule has 0 fully saturated rings. The smallest absolute Gasteiger partial charge is 0.310 e. The fourth-order valence-corrected chi connectivity index (χ4v) is 2.00. The summed E-state index contributed by atoms with van der Waals surface area (Å²) in [6.07, 6.45) is 0.664. The average molecular weight is 262 g/mol. The number of carboxylic acids is 1. The zero-order valence-corrected chi connectivity index (χ0v) is 12.1. The second kappa shape index (κ2) is 6.00. The summed E-state index contributed by atoms with van der Waals surface area (Å²) < 4.78 is 0. The van der Waals surface area contributed by atoms with Gasteiger partial charge >= 0.3 is 5.97 Å². The van der Waals surface area contributed by atoms with Crippen LogP contribution in [0.2, 0.25) is 0 Å². The van der Waals surface area contributed by atoms with Crippen molar-refractivity contribution in [3.05, 3.63) is 35.4 Å². The topological polar surface area (TPSA) is 54.4 Å². The van der Waals surface area contributed by atoms with Crippen LogP contribution >= 0.6 is 0 Å². The summed E-state index contributed by atoms with van der Waals surface area (Å²) >= 11 is 0. The van der Waals surface area contributed by atoms with Crippen LogP contribution in [0.1, 0.15) is 57.6 Å². The number of carbonyl (C=O) groups is 2. The number of carboxylic acid groups (broad SMARTS) is 1. The van der Waals surface area contributed by atoms with Gasteiger partial charge in [0.2, 0.25) is 0 Å². The first-order valence-electron chi connectivity index (χ1n) is 6.54. The highest BCUT2D eigenvalue weighted by atomic mass is 16.4. The molecule has 1 aromatic rings. The van der Waals surface area contributed by atoms with Crippen LogP contribution in [0.3, 0.4) is 0 Å². The van der Waals surface area contributed by atoms with Gasteiger partial charge in [0.25, 0.3) is 0 Å². The van der Waals surface area contributed by atoms with Gasteiger partial charge in [0, 0.05) is 6.42 Å². The first kappa shape index (κ1) is 15.4. The van der Waals surface area contributed by atoms with Crippen LogP contribution < -0.4 is 0 Å². The lowest BCUT2D eigenvalue weighted by molar-refractivity contribution is -0.139. The van der Waals surface area contributed by atoms with Gasteiger partial charge in [0.1, 0.15) is 5.78 Å². The second-order valence-corrected chi connectivity index (χ2v) is 6.00. The molecular weight excluding hydrogens is 240 g/mol. The molecule has 1 unspecified atom stereocenters. The third-order valence-corrected chi connectivity index (χ3v) is 3.26. The standard InChI is InChI=1S/C16H22O3/c1-11(17)5-10-14(15(18)19)12-6-8-13(9-7-12)16(2,3)4/h6-9,14H,5,10H2,1-4H3,(H,18,19). The van der Waals surface area contributed by atoms with E-state index in [2.05, 4.69) is 20.8 Å². The number of benzene rings is 1.